The van der Waals surface area contributed by atoms with Crippen molar-refractivity contribution in [3.8, 4) is 0 Å². The van der Waals surface area contributed by atoms with Crippen LogP contribution in [0.25, 0.3) is 0 Å². The van der Waals surface area contributed by atoms with E-state index in [0.29, 0.717) is 5.54 Å². The Labute approximate surface area is 106 Å². The Morgan fingerprint density at radius 1 is 1.53 bits per heavy atom. The van der Waals surface area contributed by atoms with Crippen molar-refractivity contribution < 1.29 is 4.79 Å². The molecule has 1 saturated heterocycles. The number of hydrogen-bond acceptors (Lipinski definition) is 3. The third-order valence-corrected chi connectivity index (χ3v) is 5.17. The average molecular weight is 250 g/mol. The maximum absolute atomic E-state index is 11.7. The quantitative estimate of drug-likeness (QED) is 0.797. The summed E-state index contributed by atoms with van der Waals surface area (Å²) in [6.07, 6.45) is 5.93. The fourth-order valence-corrected chi connectivity index (χ4v) is 4.39. The highest BCUT2D eigenvalue weighted by Gasteiger charge is 2.38. The zero-order chi connectivity index (χ0) is 11.9. The lowest BCUT2D eigenvalue weighted by Crippen LogP contribution is -2.44. The first-order valence-corrected chi connectivity index (χ1v) is 7.18. The monoisotopic (exact) mass is 250 g/mol. The van der Waals surface area contributed by atoms with Crippen molar-refractivity contribution in [2.45, 2.75) is 37.6 Å². The number of carbonyl (C=O) groups excluding carboxylic acids is 1. The summed E-state index contributed by atoms with van der Waals surface area (Å²) in [5.41, 5.74) is 2.55. The molecular formula is C13H18N2OS. The van der Waals surface area contributed by atoms with Gasteiger partial charge in [0.05, 0.1) is 5.56 Å². The lowest BCUT2D eigenvalue weighted by molar-refractivity contribution is 0.0962. The standard InChI is InChI=1S/C13H18N2OS/c1-14-12(16)10-8-17-11-7-13(4-2-6-15-13)5-3-9(10)11/h8,15H,2-7H2,1H3,(H,14,16). The number of amides is 1. The lowest BCUT2D eigenvalue weighted by atomic mass is 9.80. The second-order valence-electron chi connectivity index (χ2n) is 5.12. The summed E-state index contributed by atoms with van der Waals surface area (Å²) >= 11 is 1.76. The highest BCUT2D eigenvalue weighted by atomic mass is 32.1. The lowest BCUT2D eigenvalue weighted by Gasteiger charge is -2.33. The highest BCUT2D eigenvalue weighted by Crippen LogP contribution is 2.38. The van der Waals surface area contributed by atoms with Crippen LogP contribution < -0.4 is 10.6 Å². The topological polar surface area (TPSA) is 41.1 Å². The Bertz CT molecular complexity index is 446. The molecule has 0 radical (unpaired) electrons. The van der Waals surface area contributed by atoms with Gasteiger partial charge >= 0.3 is 0 Å². The van der Waals surface area contributed by atoms with Gasteiger partial charge < -0.3 is 10.6 Å². The van der Waals surface area contributed by atoms with Gasteiger partial charge in [0.25, 0.3) is 5.91 Å². The van der Waals surface area contributed by atoms with Crippen LogP contribution in [0.1, 0.15) is 40.1 Å². The molecule has 3 rings (SSSR count). The van der Waals surface area contributed by atoms with E-state index in [4.69, 9.17) is 0 Å². The first kappa shape index (κ1) is 11.2. The minimum atomic E-state index is 0.0674. The minimum Gasteiger partial charge on any atom is -0.355 e. The van der Waals surface area contributed by atoms with Crippen molar-refractivity contribution in [2.24, 2.45) is 0 Å². The molecule has 1 spiro atoms. The molecule has 2 heterocycles. The van der Waals surface area contributed by atoms with E-state index < -0.39 is 0 Å². The normalized spacial score (nSPS) is 27.1. The summed E-state index contributed by atoms with van der Waals surface area (Å²) in [6, 6.07) is 0. The predicted octanol–water partition coefficient (Wildman–Crippen LogP) is 1.72. The van der Waals surface area contributed by atoms with E-state index in [1.807, 2.05) is 5.38 Å². The van der Waals surface area contributed by atoms with Gasteiger partial charge in [-0.2, -0.15) is 0 Å². The molecule has 1 amide bonds. The van der Waals surface area contributed by atoms with Crippen LogP contribution in [0, 0.1) is 0 Å². The zero-order valence-electron chi connectivity index (χ0n) is 10.1. The van der Waals surface area contributed by atoms with Gasteiger partial charge in [0, 0.05) is 29.3 Å². The molecule has 2 N–H and O–H groups in total. The average Bonchev–Trinajstić information content (AvgIpc) is 2.95. The van der Waals surface area contributed by atoms with E-state index in [-0.39, 0.29) is 5.91 Å². The summed E-state index contributed by atoms with van der Waals surface area (Å²) < 4.78 is 0. The van der Waals surface area contributed by atoms with Crippen molar-refractivity contribution in [2.75, 3.05) is 13.6 Å². The number of carbonyl (C=O) groups is 1. The van der Waals surface area contributed by atoms with Crippen molar-refractivity contribution in [1.82, 2.24) is 10.6 Å². The van der Waals surface area contributed by atoms with Gasteiger partial charge in [-0.1, -0.05) is 0 Å². The first-order valence-electron chi connectivity index (χ1n) is 6.30. The molecule has 1 aliphatic heterocycles. The third-order valence-electron chi connectivity index (χ3n) is 4.14. The van der Waals surface area contributed by atoms with Crippen LogP contribution in [0.5, 0.6) is 0 Å². The molecule has 2 aliphatic rings. The number of fused-ring (bicyclic) bond motifs is 1. The van der Waals surface area contributed by atoms with Crippen LogP contribution in [0.4, 0.5) is 0 Å². The Morgan fingerprint density at radius 3 is 3.12 bits per heavy atom. The maximum Gasteiger partial charge on any atom is 0.252 e. The molecule has 4 heteroatoms. The number of thiophene rings is 1. The second-order valence-corrected chi connectivity index (χ2v) is 6.08. The molecule has 1 fully saturated rings. The Kier molecular flexibility index (Phi) is 2.71. The molecule has 1 aromatic heterocycles. The Hall–Kier alpha value is -0.870. The van der Waals surface area contributed by atoms with Gasteiger partial charge in [-0.15, -0.1) is 11.3 Å². The van der Waals surface area contributed by atoms with Crippen molar-refractivity contribution in [3.05, 3.63) is 21.4 Å². The minimum absolute atomic E-state index is 0.0674. The number of hydrogen-bond donors (Lipinski definition) is 2. The van der Waals surface area contributed by atoms with Crippen LogP contribution in [0.15, 0.2) is 5.38 Å². The number of nitrogens with one attached hydrogen (secondary N) is 2. The van der Waals surface area contributed by atoms with Crippen LogP contribution in [-0.2, 0) is 12.8 Å². The summed E-state index contributed by atoms with van der Waals surface area (Å²) in [5, 5.41) is 8.43. The van der Waals surface area contributed by atoms with E-state index in [1.54, 1.807) is 18.4 Å². The summed E-state index contributed by atoms with van der Waals surface area (Å²) in [6.45, 7) is 1.16. The molecule has 0 aromatic carbocycles. The summed E-state index contributed by atoms with van der Waals surface area (Å²) in [5.74, 6) is 0.0674. The molecule has 1 aliphatic carbocycles. The van der Waals surface area contributed by atoms with E-state index >= 15 is 0 Å². The van der Waals surface area contributed by atoms with Crippen molar-refractivity contribution >= 4 is 17.2 Å². The number of rotatable bonds is 1. The molecule has 0 saturated carbocycles. The second kappa shape index (κ2) is 4.10. The first-order chi connectivity index (χ1) is 8.24. The molecule has 3 nitrogen and oxygen atoms in total. The van der Waals surface area contributed by atoms with Gasteiger partial charge in [0.1, 0.15) is 0 Å². The fourth-order valence-electron chi connectivity index (χ4n) is 3.16. The van der Waals surface area contributed by atoms with Gasteiger partial charge in [0.2, 0.25) is 0 Å². The van der Waals surface area contributed by atoms with Crippen molar-refractivity contribution in [1.29, 1.82) is 0 Å². The third kappa shape index (κ3) is 1.79. The SMILES string of the molecule is CNC(=O)c1csc2c1CCC1(CCCN1)C2. The van der Waals surface area contributed by atoms with Crippen molar-refractivity contribution in [3.63, 3.8) is 0 Å². The smallest absolute Gasteiger partial charge is 0.252 e. The van der Waals surface area contributed by atoms with Gasteiger partial charge in [-0.25, -0.2) is 0 Å². The zero-order valence-corrected chi connectivity index (χ0v) is 11.0. The maximum atomic E-state index is 11.7. The molecule has 17 heavy (non-hydrogen) atoms. The predicted molar refractivity (Wildman–Crippen MR) is 69.7 cm³/mol. The Balaban J connectivity index is 1.89. The van der Waals surface area contributed by atoms with E-state index in [2.05, 4.69) is 10.6 Å². The van der Waals surface area contributed by atoms with Crippen LogP contribution in [-0.4, -0.2) is 25.0 Å². The van der Waals surface area contributed by atoms with Crippen LogP contribution >= 0.6 is 11.3 Å². The van der Waals surface area contributed by atoms with Crippen LogP contribution in [0.2, 0.25) is 0 Å². The van der Waals surface area contributed by atoms with E-state index in [0.717, 1.165) is 24.9 Å². The highest BCUT2D eigenvalue weighted by molar-refractivity contribution is 7.10. The summed E-state index contributed by atoms with van der Waals surface area (Å²) in [4.78, 5) is 13.2. The fraction of sp³-hybridized carbons (Fsp3) is 0.615. The molecule has 1 atom stereocenters. The molecular weight excluding hydrogens is 232 g/mol. The molecule has 1 aromatic rings. The van der Waals surface area contributed by atoms with E-state index in [1.165, 1.54) is 29.7 Å². The molecule has 1 unspecified atom stereocenters. The molecule has 0 bridgehead atoms. The van der Waals surface area contributed by atoms with E-state index in [9.17, 15) is 4.79 Å². The van der Waals surface area contributed by atoms with Gasteiger partial charge in [0.15, 0.2) is 0 Å². The molecule has 92 valence electrons. The Morgan fingerprint density at radius 2 is 2.41 bits per heavy atom. The van der Waals surface area contributed by atoms with Gasteiger partial charge in [-0.05, 0) is 37.8 Å². The largest absolute Gasteiger partial charge is 0.355 e. The van der Waals surface area contributed by atoms with Crippen LogP contribution in [0.3, 0.4) is 0 Å². The summed E-state index contributed by atoms with van der Waals surface area (Å²) in [7, 11) is 1.70. The van der Waals surface area contributed by atoms with Gasteiger partial charge in [-0.3, -0.25) is 4.79 Å².